The zero-order chi connectivity index (χ0) is 30.5. The van der Waals surface area contributed by atoms with E-state index in [0.717, 1.165) is 16.7 Å². The molecule has 1 aromatic heterocycles. The van der Waals surface area contributed by atoms with Gasteiger partial charge in [-0.3, -0.25) is 9.36 Å². The van der Waals surface area contributed by atoms with E-state index in [1.807, 2.05) is 67.6 Å². The number of ether oxygens (including phenoxy) is 4. The molecule has 0 bridgehead atoms. The summed E-state index contributed by atoms with van der Waals surface area (Å²) in [6, 6.07) is 19.6. The van der Waals surface area contributed by atoms with E-state index < -0.39 is 12.0 Å². The lowest BCUT2D eigenvalue weighted by Gasteiger charge is -2.24. The molecule has 0 spiro atoms. The van der Waals surface area contributed by atoms with E-state index in [1.54, 1.807) is 37.7 Å². The number of fused-ring (bicyclic) bond motifs is 1. The highest BCUT2D eigenvalue weighted by molar-refractivity contribution is 7.07. The minimum absolute atomic E-state index is 0.205. The summed E-state index contributed by atoms with van der Waals surface area (Å²) in [5.74, 6) is 1.28. The highest BCUT2D eigenvalue weighted by atomic mass is 35.5. The number of allylic oxidation sites excluding steroid dienone is 1. The van der Waals surface area contributed by atoms with Crippen molar-refractivity contribution in [1.29, 1.82) is 0 Å². The zero-order valence-corrected chi connectivity index (χ0v) is 25.8. The molecule has 4 aromatic rings. The van der Waals surface area contributed by atoms with E-state index in [4.69, 9.17) is 30.5 Å². The molecule has 1 aliphatic heterocycles. The maximum absolute atomic E-state index is 13.9. The quantitative estimate of drug-likeness (QED) is 0.220. The fourth-order valence-electron chi connectivity index (χ4n) is 4.85. The molecule has 0 aliphatic carbocycles. The fourth-order valence-corrected chi connectivity index (χ4v) is 6.11. The van der Waals surface area contributed by atoms with Crippen LogP contribution in [0.5, 0.6) is 17.2 Å². The van der Waals surface area contributed by atoms with Crippen molar-refractivity contribution < 1.29 is 23.7 Å². The molecule has 0 amide bonds. The molecule has 0 saturated heterocycles. The predicted octanol–water partition coefficient (Wildman–Crippen LogP) is 5.44. The first-order valence-corrected chi connectivity index (χ1v) is 15.0. The van der Waals surface area contributed by atoms with Gasteiger partial charge in [-0.15, -0.1) is 0 Å². The Morgan fingerprint density at radius 2 is 1.81 bits per heavy atom. The number of carbonyl (C=O) groups is 1. The predicted molar refractivity (Wildman–Crippen MR) is 167 cm³/mol. The molecule has 0 fully saturated rings. The Morgan fingerprint density at radius 1 is 1.02 bits per heavy atom. The van der Waals surface area contributed by atoms with Crippen molar-refractivity contribution in [1.82, 2.24) is 4.57 Å². The SMILES string of the molecule is CCOC(=O)C1=C(C)N=c2s/c(=C\c3ccc(OCc4cccc(Cl)c4)c(OC)c3)c(=O)n2[C@H]1c1ccc(OCC)cc1. The van der Waals surface area contributed by atoms with Gasteiger partial charge in [0.05, 0.1) is 42.2 Å². The van der Waals surface area contributed by atoms with Crippen LogP contribution in [-0.4, -0.2) is 30.9 Å². The minimum Gasteiger partial charge on any atom is -0.494 e. The summed E-state index contributed by atoms with van der Waals surface area (Å²) in [5, 5.41) is 0.638. The molecule has 8 nitrogen and oxygen atoms in total. The third kappa shape index (κ3) is 6.53. The molecule has 43 heavy (non-hydrogen) atoms. The molecular formula is C33H31ClN2O6S. The van der Waals surface area contributed by atoms with Crippen LogP contribution >= 0.6 is 22.9 Å². The largest absolute Gasteiger partial charge is 0.494 e. The van der Waals surface area contributed by atoms with Gasteiger partial charge in [0, 0.05) is 5.02 Å². The highest BCUT2D eigenvalue weighted by Gasteiger charge is 2.33. The first-order chi connectivity index (χ1) is 20.8. The molecule has 10 heteroatoms. The van der Waals surface area contributed by atoms with Gasteiger partial charge in [0.1, 0.15) is 12.4 Å². The maximum Gasteiger partial charge on any atom is 0.338 e. The number of aromatic nitrogens is 1. The van der Waals surface area contributed by atoms with Crippen LogP contribution in [0.1, 0.15) is 43.5 Å². The van der Waals surface area contributed by atoms with Crippen LogP contribution in [0.3, 0.4) is 0 Å². The van der Waals surface area contributed by atoms with E-state index >= 15 is 0 Å². The first kappa shape index (κ1) is 30.1. The molecule has 2 heterocycles. The number of carbonyl (C=O) groups excluding carboxylic acids is 1. The van der Waals surface area contributed by atoms with E-state index in [1.165, 1.54) is 11.3 Å². The van der Waals surface area contributed by atoms with Crippen molar-refractivity contribution in [3.8, 4) is 17.2 Å². The fraction of sp³-hybridized carbons (Fsp3) is 0.242. The minimum atomic E-state index is -0.704. The van der Waals surface area contributed by atoms with Crippen LogP contribution < -0.4 is 29.1 Å². The Morgan fingerprint density at radius 3 is 2.51 bits per heavy atom. The molecule has 3 aromatic carbocycles. The summed E-state index contributed by atoms with van der Waals surface area (Å²) in [5.41, 5.74) is 2.99. The average Bonchev–Trinajstić information content (AvgIpc) is 3.30. The smallest absolute Gasteiger partial charge is 0.338 e. The second-order valence-electron chi connectivity index (χ2n) is 9.63. The van der Waals surface area contributed by atoms with Gasteiger partial charge in [-0.05, 0) is 79.9 Å². The van der Waals surface area contributed by atoms with Crippen LogP contribution in [0.15, 0.2) is 87.8 Å². The van der Waals surface area contributed by atoms with Crippen molar-refractivity contribution in [3.05, 3.63) is 119 Å². The topological polar surface area (TPSA) is 88.4 Å². The molecule has 222 valence electrons. The summed E-state index contributed by atoms with van der Waals surface area (Å²) >= 11 is 7.35. The molecule has 5 rings (SSSR count). The lowest BCUT2D eigenvalue weighted by atomic mass is 9.96. The van der Waals surface area contributed by atoms with E-state index in [9.17, 15) is 9.59 Å². The Labute approximate surface area is 258 Å². The molecule has 0 saturated carbocycles. The number of hydrogen-bond acceptors (Lipinski definition) is 8. The summed E-state index contributed by atoms with van der Waals surface area (Å²) in [6.45, 7) is 6.48. The number of benzene rings is 3. The molecule has 0 radical (unpaired) electrons. The second kappa shape index (κ2) is 13.3. The van der Waals surface area contributed by atoms with E-state index in [-0.39, 0.29) is 12.2 Å². The number of halogens is 1. The number of esters is 1. The molecule has 1 atom stereocenters. The third-order valence-corrected chi connectivity index (χ3v) is 8.01. The number of hydrogen-bond donors (Lipinski definition) is 0. The van der Waals surface area contributed by atoms with Gasteiger partial charge in [0.2, 0.25) is 0 Å². The van der Waals surface area contributed by atoms with Crippen molar-refractivity contribution >= 4 is 35.0 Å². The van der Waals surface area contributed by atoms with Crippen molar-refractivity contribution in [2.24, 2.45) is 4.99 Å². The highest BCUT2D eigenvalue weighted by Crippen LogP contribution is 2.32. The Bertz CT molecular complexity index is 1860. The van der Waals surface area contributed by atoms with Gasteiger partial charge in [-0.25, -0.2) is 9.79 Å². The third-order valence-electron chi connectivity index (χ3n) is 6.79. The second-order valence-corrected chi connectivity index (χ2v) is 11.1. The van der Waals surface area contributed by atoms with Gasteiger partial charge in [0.25, 0.3) is 5.56 Å². The summed E-state index contributed by atoms with van der Waals surface area (Å²) in [7, 11) is 1.57. The number of nitrogens with zero attached hydrogens (tertiary/aromatic N) is 2. The summed E-state index contributed by atoms with van der Waals surface area (Å²) < 4.78 is 24.6. The summed E-state index contributed by atoms with van der Waals surface area (Å²) in [4.78, 5) is 32.2. The van der Waals surface area contributed by atoms with Gasteiger partial charge in [-0.2, -0.15) is 0 Å². The lowest BCUT2D eigenvalue weighted by Crippen LogP contribution is -2.39. The van der Waals surface area contributed by atoms with Gasteiger partial charge < -0.3 is 18.9 Å². The maximum atomic E-state index is 13.9. The molecule has 0 unspecified atom stereocenters. The van der Waals surface area contributed by atoms with Crippen molar-refractivity contribution in [2.45, 2.75) is 33.4 Å². The number of thiazole rings is 1. The van der Waals surface area contributed by atoms with Crippen LogP contribution in [0.25, 0.3) is 6.08 Å². The standard InChI is InChI=1S/C33H31ClN2O6S/c1-5-40-25-13-11-23(12-14-25)30-29(32(38)41-6-2)20(3)35-33-36(30)31(37)28(43-33)18-21-10-15-26(27(17-21)39-4)42-19-22-8-7-9-24(34)16-22/h7-18,30H,5-6,19H2,1-4H3/b28-18-/t30-/m0/s1. The first-order valence-electron chi connectivity index (χ1n) is 13.8. The van der Waals surface area contributed by atoms with Gasteiger partial charge in [0.15, 0.2) is 16.3 Å². The van der Waals surface area contributed by atoms with E-state index in [2.05, 4.69) is 4.99 Å². The van der Waals surface area contributed by atoms with Crippen LogP contribution in [0.2, 0.25) is 5.02 Å². The Kier molecular flexibility index (Phi) is 9.33. The van der Waals surface area contributed by atoms with Crippen LogP contribution in [0, 0.1) is 0 Å². The van der Waals surface area contributed by atoms with E-state index in [0.29, 0.717) is 56.1 Å². The average molecular weight is 619 g/mol. The monoisotopic (exact) mass is 618 g/mol. The van der Waals surface area contributed by atoms with Crippen molar-refractivity contribution in [3.63, 3.8) is 0 Å². The number of methoxy groups -OCH3 is 1. The summed E-state index contributed by atoms with van der Waals surface area (Å²) in [6.07, 6.45) is 1.78. The van der Waals surface area contributed by atoms with Gasteiger partial charge in [-0.1, -0.05) is 53.3 Å². The molecule has 1 aliphatic rings. The van der Waals surface area contributed by atoms with Gasteiger partial charge >= 0.3 is 5.97 Å². The van der Waals surface area contributed by atoms with Crippen LogP contribution in [-0.2, 0) is 16.1 Å². The molecule has 0 N–H and O–H groups in total. The van der Waals surface area contributed by atoms with Crippen molar-refractivity contribution in [2.75, 3.05) is 20.3 Å². The Balaban J connectivity index is 1.53. The molecular weight excluding hydrogens is 588 g/mol. The van der Waals surface area contributed by atoms with Crippen LogP contribution in [0.4, 0.5) is 0 Å². The lowest BCUT2D eigenvalue weighted by molar-refractivity contribution is -0.139. The normalized spacial score (nSPS) is 14.6. The zero-order valence-electron chi connectivity index (χ0n) is 24.3. The Hall–Kier alpha value is -4.34. The number of rotatable bonds is 10.